The first kappa shape index (κ1) is 16.4. The summed E-state index contributed by atoms with van der Waals surface area (Å²) >= 11 is 1.33. The van der Waals surface area contributed by atoms with Crippen molar-refractivity contribution in [1.82, 2.24) is 4.98 Å². The SMILES string of the molecule is CC(C)C(=O)Nc1nc(CC(=O)N2CCc3cccc(N)c32)cs1. The van der Waals surface area contributed by atoms with Crippen LogP contribution in [-0.2, 0) is 22.4 Å². The van der Waals surface area contributed by atoms with Crippen molar-refractivity contribution in [2.45, 2.75) is 26.7 Å². The molecule has 6 nitrogen and oxygen atoms in total. The smallest absolute Gasteiger partial charge is 0.233 e. The lowest BCUT2D eigenvalue weighted by molar-refractivity contribution is -0.119. The van der Waals surface area contributed by atoms with Gasteiger partial charge in [0.25, 0.3) is 0 Å². The summed E-state index contributed by atoms with van der Waals surface area (Å²) in [7, 11) is 0. The molecule has 0 spiro atoms. The van der Waals surface area contributed by atoms with Crippen LogP contribution in [0.25, 0.3) is 0 Å². The van der Waals surface area contributed by atoms with Crippen molar-refractivity contribution in [1.29, 1.82) is 0 Å². The van der Waals surface area contributed by atoms with Crippen LogP contribution in [0.4, 0.5) is 16.5 Å². The molecule has 1 aliphatic rings. The summed E-state index contributed by atoms with van der Waals surface area (Å²) in [6.45, 7) is 4.29. The van der Waals surface area contributed by atoms with Gasteiger partial charge in [0.2, 0.25) is 11.8 Å². The number of fused-ring (bicyclic) bond motifs is 1. The van der Waals surface area contributed by atoms with Gasteiger partial charge in [0.05, 0.1) is 23.5 Å². The van der Waals surface area contributed by atoms with E-state index >= 15 is 0 Å². The molecule has 24 heavy (non-hydrogen) atoms. The van der Waals surface area contributed by atoms with Gasteiger partial charge >= 0.3 is 0 Å². The van der Waals surface area contributed by atoms with Crippen molar-refractivity contribution in [2.24, 2.45) is 5.92 Å². The molecule has 7 heteroatoms. The summed E-state index contributed by atoms with van der Waals surface area (Å²) < 4.78 is 0. The Balaban J connectivity index is 1.69. The molecule has 2 heterocycles. The highest BCUT2D eigenvalue weighted by Gasteiger charge is 2.27. The van der Waals surface area contributed by atoms with Gasteiger partial charge < -0.3 is 16.0 Å². The maximum atomic E-state index is 12.6. The molecule has 3 rings (SSSR count). The van der Waals surface area contributed by atoms with Crippen LogP contribution in [0.1, 0.15) is 25.1 Å². The molecule has 0 atom stereocenters. The maximum absolute atomic E-state index is 12.6. The van der Waals surface area contributed by atoms with E-state index in [-0.39, 0.29) is 24.2 Å². The van der Waals surface area contributed by atoms with Crippen molar-refractivity contribution >= 4 is 39.7 Å². The standard InChI is InChI=1S/C17H20N4O2S/c1-10(2)16(23)20-17-19-12(9-24-17)8-14(22)21-7-6-11-4-3-5-13(18)15(11)21/h3-5,9-10H,6-8,18H2,1-2H3,(H,19,20,23). The second-order valence-corrected chi connectivity index (χ2v) is 6.97. The molecule has 0 saturated heterocycles. The number of nitrogens with zero attached hydrogens (tertiary/aromatic N) is 2. The van der Waals surface area contributed by atoms with E-state index in [1.807, 2.05) is 32.0 Å². The molecule has 126 valence electrons. The van der Waals surface area contributed by atoms with Crippen molar-refractivity contribution in [2.75, 3.05) is 22.5 Å². The highest BCUT2D eigenvalue weighted by molar-refractivity contribution is 7.13. The van der Waals surface area contributed by atoms with Gasteiger partial charge in [0, 0.05) is 17.8 Å². The number of nitrogens with one attached hydrogen (secondary N) is 1. The molecule has 0 aliphatic carbocycles. The average Bonchev–Trinajstić information content (AvgIpc) is 3.14. The Hall–Kier alpha value is -2.41. The Labute approximate surface area is 144 Å². The zero-order chi connectivity index (χ0) is 17.3. The summed E-state index contributed by atoms with van der Waals surface area (Å²) in [5.74, 6) is -0.217. The predicted molar refractivity (Wildman–Crippen MR) is 96.2 cm³/mol. The van der Waals surface area contributed by atoms with E-state index in [0.29, 0.717) is 23.1 Å². The van der Waals surface area contributed by atoms with Crippen molar-refractivity contribution in [3.8, 4) is 0 Å². The molecule has 1 aliphatic heterocycles. The van der Waals surface area contributed by atoms with E-state index < -0.39 is 0 Å². The molecule has 0 radical (unpaired) electrons. The Morgan fingerprint density at radius 2 is 2.21 bits per heavy atom. The summed E-state index contributed by atoms with van der Waals surface area (Å²) in [6, 6.07) is 5.72. The molecule has 1 aromatic carbocycles. The van der Waals surface area contributed by atoms with Crippen LogP contribution in [0.3, 0.4) is 0 Å². The highest BCUT2D eigenvalue weighted by atomic mass is 32.1. The van der Waals surface area contributed by atoms with E-state index in [0.717, 1.165) is 17.7 Å². The summed E-state index contributed by atoms with van der Waals surface area (Å²) in [6.07, 6.45) is 1.01. The van der Waals surface area contributed by atoms with Crippen LogP contribution in [0, 0.1) is 5.92 Å². The van der Waals surface area contributed by atoms with Gasteiger partial charge in [-0.05, 0) is 18.1 Å². The minimum absolute atomic E-state index is 0.0290. The topological polar surface area (TPSA) is 88.3 Å². The number of hydrogen-bond acceptors (Lipinski definition) is 5. The first-order valence-corrected chi connectivity index (χ1v) is 8.76. The monoisotopic (exact) mass is 344 g/mol. The molecule has 0 bridgehead atoms. The fourth-order valence-corrected chi connectivity index (χ4v) is 3.39. The number of carbonyl (C=O) groups excluding carboxylic acids is 2. The Morgan fingerprint density at radius 1 is 1.42 bits per heavy atom. The van der Waals surface area contributed by atoms with E-state index in [2.05, 4.69) is 10.3 Å². The molecule has 0 saturated carbocycles. The molecular weight excluding hydrogens is 324 g/mol. The summed E-state index contributed by atoms with van der Waals surface area (Å²) in [4.78, 5) is 30.4. The molecule has 2 amide bonds. The third kappa shape index (κ3) is 3.26. The van der Waals surface area contributed by atoms with Crippen LogP contribution in [0.2, 0.25) is 0 Å². The number of nitrogen functional groups attached to an aromatic ring is 1. The lowest BCUT2D eigenvalue weighted by Crippen LogP contribution is -2.31. The third-order valence-corrected chi connectivity index (χ3v) is 4.77. The van der Waals surface area contributed by atoms with Gasteiger partial charge in [-0.15, -0.1) is 11.3 Å². The molecule has 0 fully saturated rings. The predicted octanol–water partition coefficient (Wildman–Crippen LogP) is 2.45. The van der Waals surface area contributed by atoms with Gasteiger partial charge in [0.1, 0.15) is 0 Å². The summed E-state index contributed by atoms with van der Waals surface area (Å²) in [5, 5.41) is 5.08. The number of amides is 2. The number of benzene rings is 1. The number of hydrogen-bond donors (Lipinski definition) is 2. The molecular formula is C17H20N4O2S. The minimum Gasteiger partial charge on any atom is -0.397 e. The van der Waals surface area contributed by atoms with E-state index in [9.17, 15) is 9.59 Å². The largest absolute Gasteiger partial charge is 0.397 e. The zero-order valence-electron chi connectivity index (χ0n) is 13.7. The van der Waals surface area contributed by atoms with Gasteiger partial charge in [0.15, 0.2) is 5.13 Å². The van der Waals surface area contributed by atoms with Crippen LogP contribution in [-0.4, -0.2) is 23.3 Å². The quantitative estimate of drug-likeness (QED) is 0.834. The van der Waals surface area contributed by atoms with Crippen LogP contribution in [0.15, 0.2) is 23.6 Å². The van der Waals surface area contributed by atoms with Crippen LogP contribution >= 0.6 is 11.3 Å². The minimum atomic E-state index is -0.108. The fourth-order valence-electron chi connectivity index (χ4n) is 2.68. The average molecular weight is 344 g/mol. The van der Waals surface area contributed by atoms with Gasteiger partial charge in [-0.1, -0.05) is 26.0 Å². The third-order valence-electron chi connectivity index (χ3n) is 3.97. The lowest BCUT2D eigenvalue weighted by atomic mass is 10.1. The van der Waals surface area contributed by atoms with Gasteiger partial charge in [-0.2, -0.15) is 0 Å². The number of aromatic nitrogens is 1. The Morgan fingerprint density at radius 3 is 2.96 bits per heavy atom. The first-order valence-electron chi connectivity index (χ1n) is 7.88. The van der Waals surface area contributed by atoms with E-state index in [1.165, 1.54) is 11.3 Å². The molecule has 0 unspecified atom stereocenters. The number of para-hydroxylation sites is 1. The Bertz CT molecular complexity index is 785. The van der Waals surface area contributed by atoms with E-state index in [1.54, 1.807) is 10.3 Å². The highest BCUT2D eigenvalue weighted by Crippen LogP contribution is 2.34. The van der Waals surface area contributed by atoms with Gasteiger partial charge in [-0.3, -0.25) is 9.59 Å². The number of anilines is 3. The van der Waals surface area contributed by atoms with Crippen molar-refractivity contribution in [3.05, 3.63) is 34.8 Å². The first-order chi connectivity index (χ1) is 11.5. The maximum Gasteiger partial charge on any atom is 0.233 e. The normalized spacial score (nSPS) is 13.2. The second-order valence-electron chi connectivity index (χ2n) is 6.12. The second kappa shape index (κ2) is 6.60. The molecule has 3 N–H and O–H groups in total. The van der Waals surface area contributed by atoms with Crippen LogP contribution in [0.5, 0.6) is 0 Å². The number of thiazole rings is 1. The number of nitrogens with two attached hydrogens (primary N) is 1. The Kier molecular flexibility index (Phi) is 4.53. The lowest BCUT2D eigenvalue weighted by Gasteiger charge is -2.18. The zero-order valence-corrected chi connectivity index (χ0v) is 14.5. The number of rotatable bonds is 4. The van der Waals surface area contributed by atoms with Crippen LogP contribution < -0.4 is 16.0 Å². The van der Waals surface area contributed by atoms with Crippen molar-refractivity contribution in [3.63, 3.8) is 0 Å². The van der Waals surface area contributed by atoms with Gasteiger partial charge in [-0.25, -0.2) is 4.98 Å². The van der Waals surface area contributed by atoms with E-state index in [4.69, 9.17) is 5.73 Å². The molecule has 2 aromatic rings. The molecule has 1 aromatic heterocycles. The van der Waals surface area contributed by atoms with Crippen molar-refractivity contribution < 1.29 is 9.59 Å². The summed E-state index contributed by atoms with van der Waals surface area (Å²) in [5.41, 5.74) is 9.24. The fraction of sp³-hybridized carbons (Fsp3) is 0.353. The number of carbonyl (C=O) groups is 2.